The van der Waals surface area contributed by atoms with Crippen LogP contribution in [0.25, 0.3) is 0 Å². The number of rotatable bonds is 22. The van der Waals surface area contributed by atoms with Gasteiger partial charge in [-0.1, -0.05) is 65.2 Å². The second-order valence-corrected chi connectivity index (χ2v) is 7.18. The van der Waals surface area contributed by atoms with Crippen LogP contribution in [-0.4, -0.2) is 64.6 Å². The average Bonchev–Trinajstić information content (AvgIpc) is 2.62. The second kappa shape index (κ2) is 22.8. The Morgan fingerprint density at radius 2 is 0.885 bits per heavy atom. The Morgan fingerprint density at radius 3 is 1.35 bits per heavy atom. The monoisotopic (exact) mass is 376 g/mol. The zero-order valence-corrected chi connectivity index (χ0v) is 17.4. The zero-order chi connectivity index (χ0) is 19.1. The number of aliphatic hydroxyl groups excluding tert-OH is 1. The minimum absolute atomic E-state index is 0.0572. The first-order chi connectivity index (χ1) is 12.8. The summed E-state index contributed by atoms with van der Waals surface area (Å²) >= 11 is 0. The first-order valence-electron chi connectivity index (χ1n) is 10.7. The van der Waals surface area contributed by atoms with E-state index in [1.54, 1.807) is 0 Å². The van der Waals surface area contributed by atoms with Crippen LogP contribution in [0.2, 0.25) is 0 Å². The third-order valence-corrected chi connectivity index (χ3v) is 4.17. The van der Waals surface area contributed by atoms with Crippen molar-refractivity contribution in [3.05, 3.63) is 0 Å². The van der Waals surface area contributed by atoms with E-state index in [1.165, 1.54) is 51.4 Å². The van der Waals surface area contributed by atoms with Crippen molar-refractivity contribution in [3.8, 4) is 0 Å². The molecule has 0 bridgehead atoms. The summed E-state index contributed by atoms with van der Waals surface area (Å²) in [6, 6.07) is 0. The third kappa shape index (κ3) is 23.8. The number of ether oxygens (including phenoxy) is 4. The molecule has 0 saturated carbocycles. The molecule has 1 N–H and O–H groups in total. The van der Waals surface area contributed by atoms with E-state index in [9.17, 15) is 0 Å². The van der Waals surface area contributed by atoms with Gasteiger partial charge in [-0.3, -0.25) is 0 Å². The summed E-state index contributed by atoms with van der Waals surface area (Å²) in [7, 11) is 0. The van der Waals surface area contributed by atoms with E-state index in [0.717, 1.165) is 18.9 Å². The van der Waals surface area contributed by atoms with Gasteiger partial charge in [0.25, 0.3) is 0 Å². The van der Waals surface area contributed by atoms with Gasteiger partial charge in [-0.2, -0.15) is 0 Å². The molecule has 5 nitrogen and oxygen atoms in total. The molecule has 0 radical (unpaired) electrons. The molecule has 0 spiro atoms. The van der Waals surface area contributed by atoms with Crippen LogP contribution >= 0.6 is 0 Å². The van der Waals surface area contributed by atoms with Crippen molar-refractivity contribution in [2.24, 2.45) is 5.92 Å². The van der Waals surface area contributed by atoms with Crippen LogP contribution in [0.1, 0.15) is 71.6 Å². The summed E-state index contributed by atoms with van der Waals surface area (Å²) in [5.74, 6) is 0.858. The third-order valence-electron chi connectivity index (χ3n) is 4.17. The molecule has 0 aromatic heterocycles. The van der Waals surface area contributed by atoms with Gasteiger partial charge in [0.2, 0.25) is 0 Å². The highest BCUT2D eigenvalue weighted by Gasteiger charge is 1.96. The molecule has 26 heavy (non-hydrogen) atoms. The molecule has 0 atom stereocenters. The van der Waals surface area contributed by atoms with Gasteiger partial charge < -0.3 is 24.1 Å². The van der Waals surface area contributed by atoms with Crippen molar-refractivity contribution in [3.63, 3.8) is 0 Å². The lowest BCUT2D eigenvalue weighted by Crippen LogP contribution is -2.12. The zero-order valence-electron chi connectivity index (χ0n) is 17.4. The number of hydrogen-bond donors (Lipinski definition) is 1. The van der Waals surface area contributed by atoms with Gasteiger partial charge in [0.1, 0.15) is 0 Å². The van der Waals surface area contributed by atoms with Gasteiger partial charge in [-0.25, -0.2) is 0 Å². The fraction of sp³-hybridized carbons (Fsp3) is 1.00. The van der Waals surface area contributed by atoms with E-state index in [2.05, 4.69) is 13.8 Å². The van der Waals surface area contributed by atoms with E-state index < -0.39 is 0 Å². The summed E-state index contributed by atoms with van der Waals surface area (Å²) < 4.78 is 21.4. The van der Waals surface area contributed by atoms with Gasteiger partial charge in [0, 0.05) is 6.61 Å². The average molecular weight is 377 g/mol. The molecule has 0 aromatic rings. The molecule has 0 aliphatic carbocycles. The Labute approximate surface area is 161 Å². The number of unbranched alkanes of at least 4 members (excludes halogenated alkanes) is 7. The Hall–Kier alpha value is -0.200. The van der Waals surface area contributed by atoms with E-state index in [1.807, 2.05) is 0 Å². The smallest absolute Gasteiger partial charge is 0.0701 e. The fourth-order valence-corrected chi connectivity index (χ4v) is 2.64. The van der Waals surface area contributed by atoms with Crippen molar-refractivity contribution in [1.82, 2.24) is 0 Å². The van der Waals surface area contributed by atoms with Crippen LogP contribution in [0.5, 0.6) is 0 Å². The van der Waals surface area contributed by atoms with Crippen LogP contribution in [-0.2, 0) is 18.9 Å². The molecular formula is C21H44O5. The minimum Gasteiger partial charge on any atom is -0.394 e. The Balaban J connectivity index is 2.97. The maximum Gasteiger partial charge on any atom is 0.0701 e. The fourth-order valence-electron chi connectivity index (χ4n) is 2.64. The molecule has 0 aliphatic rings. The van der Waals surface area contributed by atoms with Crippen LogP contribution in [0, 0.1) is 5.92 Å². The molecule has 0 fully saturated rings. The predicted molar refractivity (Wildman–Crippen MR) is 107 cm³/mol. The van der Waals surface area contributed by atoms with Crippen LogP contribution in [0.3, 0.4) is 0 Å². The highest BCUT2D eigenvalue weighted by Crippen LogP contribution is 2.12. The topological polar surface area (TPSA) is 57.2 Å². The summed E-state index contributed by atoms with van der Waals surface area (Å²) in [5.41, 5.74) is 0. The van der Waals surface area contributed by atoms with Gasteiger partial charge in [0.15, 0.2) is 0 Å². The quantitative estimate of drug-likeness (QED) is 0.287. The Morgan fingerprint density at radius 1 is 0.500 bits per heavy atom. The number of aliphatic hydroxyl groups is 1. The summed E-state index contributed by atoms with van der Waals surface area (Å²) in [6.07, 6.45) is 12.1. The maximum atomic E-state index is 8.53. The molecular weight excluding hydrogens is 332 g/mol. The SMILES string of the molecule is CC(C)CCCCCCCCCCOCCOCCOCCOCCO. The summed E-state index contributed by atoms with van der Waals surface area (Å²) in [6.45, 7) is 9.38. The standard InChI is InChI=1S/C21H44O5/c1-21(2)11-9-7-5-3-4-6-8-10-13-23-15-17-25-19-20-26-18-16-24-14-12-22/h21-22H,3-20H2,1-2H3. The number of hydrogen-bond acceptors (Lipinski definition) is 5. The molecule has 0 amide bonds. The van der Waals surface area contributed by atoms with E-state index in [0.29, 0.717) is 46.2 Å². The van der Waals surface area contributed by atoms with Crippen LogP contribution in [0.4, 0.5) is 0 Å². The molecule has 0 heterocycles. The van der Waals surface area contributed by atoms with Gasteiger partial charge in [-0.15, -0.1) is 0 Å². The van der Waals surface area contributed by atoms with E-state index in [4.69, 9.17) is 24.1 Å². The van der Waals surface area contributed by atoms with Gasteiger partial charge in [0.05, 0.1) is 52.9 Å². The van der Waals surface area contributed by atoms with E-state index >= 15 is 0 Å². The lowest BCUT2D eigenvalue weighted by Gasteiger charge is -2.07. The lowest BCUT2D eigenvalue weighted by atomic mass is 10.0. The Bertz CT molecular complexity index is 249. The molecule has 0 aromatic carbocycles. The molecule has 5 heteroatoms. The summed E-state index contributed by atoms with van der Waals surface area (Å²) in [4.78, 5) is 0. The second-order valence-electron chi connectivity index (χ2n) is 7.18. The first kappa shape index (κ1) is 25.8. The molecule has 0 aliphatic heterocycles. The van der Waals surface area contributed by atoms with Crippen molar-refractivity contribution in [2.75, 3.05) is 59.5 Å². The lowest BCUT2D eigenvalue weighted by molar-refractivity contribution is -0.00577. The molecule has 0 unspecified atom stereocenters. The highest BCUT2D eigenvalue weighted by molar-refractivity contribution is 4.49. The van der Waals surface area contributed by atoms with Gasteiger partial charge >= 0.3 is 0 Å². The highest BCUT2D eigenvalue weighted by atomic mass is 16.6. The normalized spacial score (nSPS) is 11.5. The van der Waals surface area contributed by atoms with Gasteiger partial charge in [-0.05, 0) is 12.3 Å². The van der Waals surface area contributed by atoms with Crippen molar-refractivity contribution in [1.29, 1.82) is 0 Å². The molecule has 0 rings (SSSR count). The Kier molecular flexibility index (Phi) is 22.7. The predicted octanol–water partition coefficient (Wildman–Crippen LogP) is 4.21. The largest absolute Gasteiger partial charge is 0.394 e. The van der Waals surface area contributed by atoms with Crippen LogP contribution in [0.15, 0.2) is 0 Å². The summed E-state index contributed by atoms with van der Waals surface area (Å²) in [5, 5.41) is 8.53. The van der Waals surface area contributed by atoms with Crippen molar-refractivity contribution < 1.29 is 24.1 Å². The van der Waals surface area contributed by atoms with Crippen molar-refractivity contribution >= 4 is 0 Å². The van der Waals surface area contributed by atoms with Crippen LogP contribution < -0.4 is 0 Å². The minimum atomic E-state index is 0.0572. The first-order valence-corrected chi connectivity index (χ1v) is 10.7. The van der Waals surface area contributed by atoms with E-state index in [-0.39, 0.29) is 6.61 Å². The molecule has 158 valence electrons. The van der Waals surface area contributed by atoms with Crippen molar-refractivity contribution in [2.45, 2.75) is 71.6 Å². The molecule has 0 saturated heterocycles. The maximum absolute atomic E-state index is 8.53.